The van der Waals surface area contributed by atoms with Gasteiger partial charge in [-0.3, -0.25) is 14.9 Å². The third-order valence-electron chi connectivity index (χ3n) is 5.75. The van der Waals surface area contributed by atoms with Crippen molar-refractivity contribution in [1.82, 2.24) is 25.2 Å². The van der Waals surface area contributed by atoms with Gasteiger partial charge in [0.1, 0.15) is 5.82 Å². The summed E-state index contributed by atoms with van der Waals surface area (Å²) in [5.74, 6) is 0.464. The number of benzene rings is 1. The van der Waals surface area contributed by atoms with Gasteiger partial charge in [-0.2, -0.15) is 0 Å². The van der Waals surface area contributed by atoms with Crippen LogP contribution in [0.5, 0.6) is 0 Å². The molecule has 0 atom stereocenters. The largest absolute Gasteiger partial charge is 0.384 e. The average molecular weight is 423 g/mol. The Hall–Kier alpha value is -3.61. The van der Waals surface area contributed by atoms with Crippen molar-refractivity contribution in [1.29, 1.82) is 0 Å². The molecule has 160 valence electrons. The summed E-state index contributed by atoms with van der Waals surface area (Å²) in [6.07, 6.45) is 5.52. The van der Waals surface area contributed by atoms with Crippen LogP contribution in [-0.4, -0.2) is 46.0 Å². The fourth-order valence-electron chi connectivity index (χ4n) is 4.05. The van der Waals surface area contributed by atoms with Gasteiger partial charge < -0.3 is 11.1 Å². The van der Waals surface area contributed by atoms with Gasteiger partial charge in [0.2, 0.25) is 0 Å². The zero-order valence-electron chi connectivity index (χ0n) is 17.9. The van der Waals surface area contributed by atoms with Crippen LogP contribution in [0.25, 0.3) is 33.6 Å². The highest BCUT2D eigenvalue weighted by atomic mass is 15.2. The summed E-state index contributed by atoms with van der Waals surface area (Å²) in [4.78, 5) is 15.8. The fourth-order valence-corrected chi connectivity index (χ4v) is 4.05. The highest BCUT2D eigenvalue weighted by Gasteiger charge is 2.11. The molecule has 3 aromatic heterocycles. The Morgan fingerprint density at radius 3 is 2.34 bits per heavy atom. The van der Waals surface area contributed by atoms with E-state index in [2.05, 4.69) is 55.5 Å². The number of nitrogens with one attached hydrogen (secondary N) is 1. The molecule has 1 aromatic carbocycles. The van der Waals surface area contributed by atoms with E-state index in [1.54, 1.807) is 6.20 Å². The Labute approximate surface area is 188 Å². The topological polar surface area (TPSA) is 80.0 Å². The van der Waals surface area contributed by atoms with E-state index in [0.717, 1.165) is 66.4 Å². The van der Waals surface area contributed by atoms with Gasteiger partial charge in [-0.25, -0.2) is 4.98 Å². The van der Waals surface area contributed by atoms with Crippen molar-refractivity contribution in [3.8, 4) is 33.6 Å². The van der Waals surface area contributed by atoms with E-state index in [9.17, 15) is 0 Å². The minimum atomic E-state index is 0.464. The second-order valence-electron chi connectivity index (χ2n) is 8.07. The lowest BCUT2D eigenvalue weighted by atomic mass is 10.0. The molecule has 5 rings (SSSR count). The van der Waals surface area contributed by atoms with Gasteiger partial charge in [-0.05, 0) is 47.0 Å². The molecule has 32 heavy (non-hydrogen) atoms. The first kappa shape index (κ1) is 20.3. The molecular weight excluding hydrogens is 396 g/mol. The standard InChI is InChI=1S/C26H26N6/c27-26-15-21(14-25(31-26)24-3-1-2-8-30-24)23-13-22(16-29-17-23)20-6-4-19(5-7-20)18-32-11-9-28-10-12-32/h1-8,13-17,28H,9-12,18H2,(H2,27,31). The number of hydrogen-bond acceptors (Lipinski definition) is 6. The maximum Gasteiger partial charge on any atom is 0.124 e. The van der Waals surface area contributed by atoms with Crippen molar-refractivity contribution >= 4 is 5.82 Å². The molecule has 6 heteroatoms. The number of anilines is 1. The van der Waals surface area contributed by atoms with Crippen molar-refractivity contribution in [3.05, 3.63) is 84.8 Å². The van der Waals surface area contributed by atoms with Crippen LogP contribution >= 0.6 is 0 Å². The summed E-state index contributed by atoms with van der Waals surface area (Å²) in [7, 11) is 0. The first-order valence-corrected chi connectivity index (χ1v) is 10.9. The van der Waals surface area contributed by atoms with E-state index in [4.69, 9.17) is 5.73 Å². The summed E-state index contributed by atoms with van der Waals surface area (Å²) < 4.78 is 0. The van der Waals surface area contributed by atoms with Gasteiger partial charge in [-0.1, -0.05) is 30.3 Å². The van der Waals surface area contributed by atoms with Crippen LogP contribution in [0.3, 0.4) is 0 Å². The molecule has 0 bridgehead atoms. The van der Waals surface area contributed by atoms with E-state index >= 15 is 0 Å². The summed E-state index contributed by atoms with van der Waals surface area (Å²) >= 11 is 0. The molecular formula is C26H26N6. The minimum Gasteiger partial charge on any atom is -0.384 e. The molecule has 0 spiro atoms. The number of pyridine rings is 3. The molecule has 1 saturated heterocycles. The molecule has 0 aliphatic carbocycles. The van der Waals surface area contributed by atoms with E-state index in [1.165, 1.54) is 5.56 Å². The zero-order valence-corrected chi connectivity index (χ0v) is 17.9. The molecule has 4 heterocycles. The van der Waals surface area contributed by atoms with Crippen LogP contribution in [0.15, 0.2) is 79.3 Å². The van der Waals surface area contributed by atoms with Crippen LogP contribution in [0, 0.1) is 0 Å². The molecule has 3 N–H and O–H groups in total. The van der Waals surface area contributed by atoms with Gasteiger partial charge in [-0.15, -0.1) is 0 Å². The molecule has 0 unspecified atom stereocenters. The number of nitrogens with zero attached hydrogens (tertiary/aromatic N) is 4. The first-order valence-electron chi connectivity index (χ1n) is 10.9. The lowest BCUT2D eigenvalue weighted by Crippen LogP contribution is -2.42. The van der Waals surface area contributed by atoms with Crippen molar-refractivity contribution in [2.75, 3.05) is 31.9 Å². The molecule has 1 aliphatic rings. The Bertz CT molecular complexity index is 1180. The number of piperazine rings is 1. The maximum absolute atomic E-state index is 6.11. The van der Waals surface area contributed by atoms with Crippen LogP contribution in [0.1, 0.15) is 5.56 Å². The second kappa shape index (κ2) is 9.26. The van der Waals surface area contributed by atoms with E-state index in [0.29, 0.717) is 5.82 Å². The second-order valence-corrected chi connectivity index (χ2v) is 8.07. The molecule has 1 aliphatic heterocycles. The summed E-state index contributed by atoms with van der Waals surface area (Å²) in [5.41, 5.74) is 13.2. The monoisotopic (exact) mass is 422 g/mol. The Morgan fingerprint density at radius 1 is 0.812 bits per heavy atom. The molecule has 4 aromatic rings. The van der Waals surface area contributed by atoms with Gasteiger partial charge in [0, 0.05) is 62.4 Å². The van der Waals surface area contributed by atoms with Gasteiger partial charge >= 0.3 is 0 Å². The molecule has 1 fully saturated rings. The predicted octanol–water partition coefficient (Wildman–Crippen LogP) is 3.86. The maximum atomic E-state index is 6.11. The number of nitrogen functional groups attached to an aromatic ring is 1. The number of aromatic nitrogens is 3. The van der Waals surface area contributed by atoms with Crippen LogP contribution in [-0.2, 0) is 6.54 Å². The zero-order chi connectivity index (χ0) is 21.8. The van der Waals surface area contributed by atoms with Crippen molar-refractivity contribution in [2.45, 2.75) is 6.54 Å². The highest BCUT2D eigenvalue weighted by Crippen LogP contribution is 2.29. The van der Waals surface area contributed by atoms with Gasteiger partial charge in [0.05, 0.1) is 11.4 Å². The van der Waals surface area contributed by atoms with E-state index in [1.807, 2.05) is 42.7 Å². The van der Waals surface area contributed by atoms with Crippen LogP contribution in [0.4, 0.5) is 5.82 Å². The Morgan fingerprint density at radius 2 is 1.59 bits per heavy atom. The lowest BCUT2D eigenvalue weighted by molar-refractivity contribution is 0.233. The smallest absolute Gasteiger partial charge is 0.124 e. The SMILES string of the molecule is Nc1cc(-c2cncc(-c3ccc(CN4CCNCC4)cc3)c2)cc(-c2ccccn2)n1. The molecule has 0 amide bonds. The number of rotatable bonds is 5. The third-order valence-corrected chi connectivity index (χ3v) is 5.75. The first-order chi connectivity index (χ1) is 15.7. The van der Waals surface area contributed by atoms with Crippen LogP contribution < -0.4 is 11.1 Å². The minimum absolute atomic E-state index is 0.464. The van der Waals surface area contributed by atoms with Crippen molar-refractivity contribution < 1.29 is 0 Å². The average Bonchev–Trinajstić information content (AvgIpc) is 2.85. The summed E-state index contributed by atoms with van der Waals surface area (Å²) in [5, 5.41) is 3.40. The molecule has 0 radical (unpaired) electrons. The summed E-state index contributed by atoms with van der Waals surface area (Å²) in [6, 6.07) is 20.6. The third kappa shape index (κ3) is 4.66. The Balaban J connectivity index is 1.40. The van der Waals surface area contributed by atoms with Crippen molar-refractivity contribution in [3.63, 3.8) is 0 Å². The number of nitrogens with two attached hydrogens (primary N) is 1. The quantitative estimate of drug-likeness (QED) is 0.508. The highest BCUT2D eigenvalue weighted by molar-refractivity contribution is 5.75. The number of hydrogen-bond donors (Lipinski definition) is 2. The van der Waals surface area contributed by atoms with Crippen LogP contribution in [0.2, 0.25) is 0 Å². The van der Waals surface area contributed by atoms with Gasteiger partial charge in [0.15, 0.2) is 0 Å². The van der Waals surface area contributed by atoms with E-state index in [-0.39, 0.29) is 0 Å². The Kier molecular flexibility index (Phi) is 5.87. The van der Waals surface area contributed by atoms with E-state index < -0.39 is 0 Å². The van der Waals surface area contributed by atoms with Crippen molar-refractivity contribution in [2.24, 2.45) is 0 Å². The predicted molar refractivity (Wildman–Crippen MR) is 129 cm³/mol. The lowest BCUT2D eigenvalue weighted by Gasteiger charge is -2.27. The fraction of sp³-hybridized carbons (Fsp3) is 0.192. The normalized spacial score (nSPS) is 14.4. The summed E-state index contributed by atoms with van der Waals surface area (Å²) in [6.45, 7) is 5.33. The molecule has 6 nitrogen and oxygen atoms in total. The molecule has 0 saturated carbocycles. The van der Waals surface area contributed by atoms with Gasteiger partial charge in [0.25, 0.3) is 0 Å².